The molecule has 1 aromatic carbocycles. The third-order valence-corrected chi connectivity index (χ3v) is 3.27. The van der Waals surface area contributed by atoms with E-state index in [-0.39, 0.29) is 16.3 Å². The summed E-state index contributed by atoms with van der Waals surface area (Å²) < 4.78 is 57.3. The first-order chi connectivity index (χ1) is 10.2. The maximum atomic E-state index is 13.9. The van der Waals surface area contributed by atoms with Gasteiger partial charge in [-0.15, -0.1) is 0 Å². The van der Waals surface area contributed by atoms with Crippen molar-refractivity contribution in [1.82, 2.24) is 9.55 Å². The molecule has 0 atom stereocenters. The summed E-state index contributed by atoms with van der Waals surface area (Å²) in [5, 5.41) is -0.0347. The molecule has 0 unspecified atom stereocenters. The average Bonchev–Trinajstić information content (AvgIpc) is 2.41. The summed E-state index contributed by atoms with van der Waals surface area (Å²) in [5.41, 5.74) is -3.08. The molecule has 0 aliphatic rings. The molecule has 1 heterocycles. The molecule has 0 fully saturated rings. The highest BCUT2D eigenvalue weighted by atomic mass is 35.5. The van der Waals surface area contributed by atoms with Gasteiger partial charge in [-0.05, 0) is 12.1 Å². The maximum absolute atomic E-state index is 13.9. The molecule has 0 radical (unpaired) electrons. The number of hydrogen-bond acceptors (Lipinski definition) is 3. The predicted octanol–water partition coefficient (Wildman–Crippen LogP) is 3.27. The molecule has 2 aromatic rings. The SMILES string of the molecule is COc1cc(-c2ncc(C(F)(F)F)n(C)c2=O)c(F)cc1Cl. The minimum absolute atomic E-state index is 0.0347. The second-order valence-corrected chi connectivity index (χ2v) is 4.73. The van der Waals surface area contributed by atoms with E-state index in [0.29, 0.717) is 10.8 Å². The Labute approximate surface area is 126 Å². The van der Waals surface area contributed by atoms with Gasteiger partial charge in [-0.3, -0.25) is 4.79 Å². The topological polar surface area (TPSA) is 44.1 Å². The number of aromatic nitrogens is 2. The molecular formula is C13H9ClF4N2O2. The van der Waals surface area contributed by atoms with Crippen LogP contribution in [-0.4, -0.2) is 16.7 Å². The third kappa shape index (κ3) is 2.78. The normalized spacial score (nSPS) is 11.6. The van der Waals surface area contributed by atoms with E-state index in [0.717, 1.165) is 19.2 Å². The Morgan fingerprint density at radius 2 is 1.95 bits per heavy atom. The van der Waals surface area contributed by atoms with Crippen molar-refractivity contribution in [2.75, 3.05) is 7.11 Å². The van der Waals surface area contributed by atoms with Crippen LogP contribution in [0.4, 0.5) is 17.6 Å². The standard InChI is InChI=1S/C13H9ClF4N2O2/c1-20-10(13(16,17)18)5-19-11(12(20)21)6-3-9(22-2)7(14)4-8(6)15/h3-5H,1-2H3. The summed E-state index contributed by atoms with van der Waals surface area (Å²) in [6.07, 6.45) is -4.27. The van der Waals surface area contributed by atoms with Crippen molar-refractivity contribution in [2.24, 2.45) is 7.05 Å². The second kappa shape index (κ2) is 5.60. The number of hydrogen-bond donors (Lipinski definition) is 0. The zero-order valence-electron chi connectivity index (χ0n) is 11.3. The number of methoxy groups -OCH3 is 1. The van der Waals surface area contributed by atoms with E-state index in [9.17, 15) is 22.4 Å². The van der Waals surface area contributed by atoms with Crippen molar-refractivity contribution in [3.05, 3.63) is 45.2 Å². The monoisotopic (exact) mass is 336 g/mol. The average molecular weight is 337 g/mol. The quantitative estimate of drug-likeness (QED) is 0.791. The van der Waals surface area contributed by atoms with Crippen molar-refractivity contribution >= 4 is 11.6 Å². The Bertz CT molecular complexity index is 787. The molecule has 0 saturated carbocycles. The lowest BCUT2D eigenvalue weighted by atomic mass is 10.1. The zero-order chi connectivity index (χ0) is 16.7. The molecule has 22 heavy (non-hydrogen) atoms. The Hall–Kier alpha value is -2.09. The Kier molecular flexibility index (Phi) is 4.15. The first-order valence-electron chi connectivity index (χ1n) is 5.83. The van der Waals surface area contributed by atoms with Gasteiger partial charge in [0.05, 0.1) is 18.3 Å². The van der Waals surface area contributed by atoms with Gasteiger partial charge < -0.3 is 9.30 Å². The molecule has 0 amide bonds. The molecule has 9 heteroatoms. The fraction of sp³-hybridized carbons (Fsp3) is 0.231. The van der Waals surface area contributed by atoms with Gasteiger partial charge in [0.25, 0.3) is 5.56 Å². The van der Waals surface area contributed by atoms with Gasteiger partial charge in [-0.2, -0.15) is 13.2 Å². The van der Waals surface area contributed by atoms with Gasteiger partial charge in [0, 0.05) is 12.6 Å². The summed E-state index contributed by atoms with van der Waals surface area (Å²) in [4.78, 5) is 15.5. The zero-order valence-corrected chi connectivity index (χ0v) is 12.1. The molecule has 0 aliphatic carbocycles. The van der Waals surface area contributed by atoms with Crippen LogP contribution in [0.25, 0.3) is 11.3 Å². The number of nitrogens with zero attached hydrogens (tertiary/aromatic N) is 2. The van der Waals surface area contributed by atoms with Gasteiger partial charge in [0.2, 0.25) is 0 Å². The predicted molar refractivity (Wildman–Crippen MR) is 71.4 cm³/mol. The highest BCUT2D eigenvalue weighted by molar-refractivity contribution is 6.32. The van der Waals surface area contributed by atoms with E-state index in [4.69, 9.17) is 16.3 Å². The van der Waals surface area contributed by atoms with Crippen molar-refractivity contribution in [3.63, 3.8) is 0 Å². The first-order valence-corrected chi connectivity index (χ1v) is 6.21. The third-order valence-electron chi connectivity index (χ3n) is 2.97. The summed E-state index contributed by atoms with van der Waals surface area (Å²) in [7, 11) is 2.21. The number of rotatable bonds is 2. The van der Waals surface area contributed by atoms with E-state index in [1.807, 2.05) is 0 Å². The lowest BCUT2D eigenvalue weighted by Crippen LogP contribution is -2.27. The second-order valence-electron chi connectivity index (χ2n) is 4.32. The summed E-state index contributed by atoms with van der Waals surface area (Å²) in [5.74, 6) is -0.822. The molecule has 1 aromatic heterocycles. The maximum Gasteiger partial charge on any atom is 0.433 e. The molecule has 0 aliphatic heterocycles. The van der Waals surface area contributed by atoms with Crippen LogP contribution >= 0.6 is 11.6 Å². The number of benzene rings is 1. The highest BCUT2D eigenvalue weighted by Gasteiger charge is 2.34. The molecule has 0 N–H and O–H groups in total. The van der Waals surface area contributed by atoms with Crippen LogP contribution in [0.15, 0.2) is 23.1 Å². The number of ether oxygens (including phenoxy) is 1. The number of alkyl halides is 3. The van der Waals surface area contributed by atoms with Crippen LogP contribution < -0.4 is 10.3 Å². The molecular weight excluding hydrogens is 328 g/mol. The van der Waals surface area contributed by atoms with Crippen LogP contribution in [0, 0.1) is 5.82 Å². The largest absolute Gasteiger partial charge is 0.495 e. The van der Waals surface area contributed by atoms with Crippen LogP contribution in [-0.2, 0) is 13.2 Å². The van der Waals surface area contributed by atoms with Crippen molar-refractivity contribution in [3.8, 4) is 17.0 Å². The van der Waals surface area contributed by atoms with E-state index >= 15 is 0 Å². The minimum Gasteiger partial charge on any atom is -0.495 e. The van der Waals surface area contributed by atoms with E-state index in [2.05, 4.69) is 4.98 Å². The lowest BCUT2D eigenvalue weighted by Gasteiger charge is -2.13. The Morgan fingerprint density at radius 1 is 1.32 bits per heavy atom. The fourth-order valence-electron chi connectivity index (χ4n) is 1.85. The van der Waals surface area contributed by atoms with Crippen molar-refractivity contribution in [2.45, 2.75) is 6.18 Å². The van der Waals surface area contributed by atoms with Crippen LogP contribution in [0.2, 0.25) is 5.02 Å². The van der Waals surface area contributed by atoms with Crippen molar-refractivity contribution in [1.29, 1.82) is 0 Å². The van der Waals surface area contributed by atoms with Crippen LogP contribution in [0.5, 0.6) is 5.75 Å². The van der Waals surface area contributed by atoms with Gasteiger partial charge in [-0.1, -0.05) is 11.6 Å². The summed E-state index contributed by atoms with van der Waals surface area (Å²) in [6.45, 7) is 0. The molecule has 0 bridgehead atoms. The Morgan fingerprint density at radius 3 is 2.50 bits per heavy atom. The van der Waals surface area contributed by atoms with Crippen LogP contribution in [0.3, 0.4) is 0 Å². The fourth-order valence-corrected chi connectivity index (χ4v) is 2.08. The summed E-state index contributed by atoms with van der Waals surface area (Å²) >= 11 is 5.73. The molecule has 2 rings (SSSR count). The highest BCUT2D eigenvalue weighted by Crippen LogP contribution is 2.32. The molecule has 0 spiro atoms. The molecule has 118 valence electrons. The van der Waals surface area contributed by atoms with E-state index < -0.39 is 28.9 Å². The summed E-state index contributed by atoms with van der Waals surface area (Å²) in [6, 6.07) is 2.00. The smallest absolute Gasteiger partial charge is 0.433 e. The minimum atomic E-state index is -4.74. The van der Waals surface area contributed by atoms with Gasteiger partial charge in [0.15, 0.2) is 0 Å². The lowest BCUT2D eigenvalue weighted by molar-refractivity contribution is -0.144. The van der Waals surface area contributed by atoms with Gasteiger partial charge in [0.1, 0.15) is 23.0 Å². The molecule has 4 nitrogen and oxygen atoms in total. The van der Waals surface area contributed by atoms with Crippen molar-refractivity contribution < 1.29 is 22.3 Å². The van der Waals surface area contributed by atoms with E-state index in [1.54, 1.807) is 0 Å². The molecule has 0 saturated heterocycles. The van der Waals surface area contributed by atoms with Gasteiger partial charge >= 0.3 is 6.18 Å². The number of halogens is 5. The van der Waals surface area contributed by atoms with E-state index in [1.165, 1.54) is 7.11 Å². The van der Waals surface area contributed by atoms with Crippen LogP contribution in [0.1, 0.15) is 5.69 Å². The Balaban J connectivity index is 2.70. The first kappa shape index (κ1) is 16.3. The van der Waals surface area contributed by atoms with Gasteiger partial charge in [-0.25, -0.2) is 9.37 Å².